The number of hydrogen-bond acceptors (Lipinski definition) is 7. The van der Waals surface area contributed by atoms with Crippen molar-refractivity contribution < 1.29 is 14.3 Å². The monoisotopic (exact) mass is 478 g/mol. The van der Waals surface area contributed by atoms with E-state index in [9.17, 15) is 4.79 Å². The number of thioether (sulfide) groups is 1. The predicted molar refractivity (Wildman–Crippen MR) is 135 cm³/mol. The molecule has 0 aliphatic carbocycles. The van der Waals surface area contributed by atoms with Crippen LogP contribution < -0.4 is 19.7 Å². The van der Waals surface area contributed by atoms with E-state index in [-0.39, 0.29) is 12.7 Å². The van der Waals surface area contributed by atoms with Crippen molar-refractivity contribution in [2.24, 2.45) is 0 Å². The molecule has 2 heterocycles. The van der Waals surface area contributed by atoms with E-state index in [1.807, 2.05) is 42.5 Å². The highest BCUT2D eigenvalue weighted by molar-refractivity contribution is 7.98. The molecule has 7 nitrogen and oxygen atoms in total. The summed E-state index contributed by atoms with van der Waals surface area (Å²) in [6.07, 6.45) is 1.94. The zero-order chi connectivity index (χ0) is 23.9. The largest absolute Gasteiger partial charge is 0.454 e. The summed E-state index contributed by atoms with van der Waals surface area (Å²) in [6.45, 7) is 5.89. The number of nitrogens with one attached hydrogen (secondary N) is 1. The zero-order valence-electron chi connectivity index (χ0n) is 19.8. The number of nitrogens with zero attached hydrogens (tertiary/aromatic N) is 3. The Labute approximate surface area is 204 Å². The highest BCUT2D eigenvalue weighted by atomic mass is 32.2. The first kappa shape index (κ1) is 23.9. The van der Waals surface area contributed by atoms with Crippen LogP contribution in [0.15, 0.2) is 53.7 Å². The first-order valence-electron chi connectivity index (χ1n) is 11.5. The molecule has 0 unspecified atom stereocenters. The molecule has 4 rings (SSSR count). The number of anilines is 1. The smallest absolute Gasteiger partial charge is 0.251 e. The van der Waals surface area contributed by atoms with Crippen LogP contribution in [0.5, 0.6) is 11.5 Å². The molecule has 0 atom stereocenters. The summed E-state index contributed by atoms with van der Waals surface area (Å²) >= 11 is 1.61. The first-order chi connectivity index (χ1) is 16.6. The van der Waals surface area contributed by atoms with Crippen molar-refractivity contribution in [1.82, 2.24) is 15.3 Å². The maximum absolute atomic E-state index is 12.6. The highest BCUT2D eigenvalue weighted by Crippen LogP contribution is 2.32. The van der Waals surface area contributed by atoms with E-state index in [1.54, 1.807) is 11.8 Å². The van der Waals surface area contributed by atoms with Crippen LogP contribution in [0.4, 0.5) is 5.82 Å². The lowest BCUT2D eigenvalue weighted by Gasteiger charge is -2.18. The average molecular weight is 479 g/mol. The van der Waals surface area contributed by atoms with Gasteiger partial charge in [-0.2, -0.15) is 0 Å². The minimum Gasteiger partial charge on any atom is -0.454 e. The van der Waals surface area contributed by atoms with Crippen molar-refractivity contribution in [2.45, 2.75) is 44.1 Å². The molecule has 178 valence electrons. The SMILES string of the molecule is CCCN(C)c1cc(CC)nc(SCc2ccc(C(=O)NCc3ccc4c(c3)OCO4)cc2)n1. The summed E-state index contributed by atoms with van der Waals surface area (Å²) in [7, 11) is 2.07. The lowest BCUT2D eigenvalue weighted by molar-refractivity contribution is 0.0951. The van der Waals surface area contributed by atoms with Gasteiger partial charge in [0.25, 0.3) is 5.91 Å². The molecule has 0 saturated carbocycles. The Morgan fingerprint density at radius 2 is 1.79 bits per heavy atom. The normalized spacial score (nSPS) is 12.0. The van der Waals surface area contributed by atoms with Gasteiger partial charge < -0.3 is 19.7 Å². The number of aryl methyl sites for hydroxylation is 1. The third kappa shape index (κ3) is 5.99. The Morgan fingerprint density at radius 1 is 1.03 bits per heavy atom. The van der Waals surface area contributed by atoms with Crippen molar-refractivity contribution >= 4 is 23.5 Å². The van der Waals surface area contributed by atoms with Gasteiger partial charge in [0.2, 0.25) is 6.79 Å². The van der Waals surface area contributed by atoms with Crippen LogP contribution in [0.2, 0.25) is 0 Å². The van der Waals surface area contributed by atoms with E-state index >= 15 is 0 Å². The molecule has 0 saturated heterocycles. The number of rotatable bonds is 10. The van der Waals surface area contributed by atoms with E-state index in [0.29, 0.717) is 17.9 Å². The number of aromatic nitrogens is 2. The van der Waals surface area contributed by atoms with Gasteiger partial charge in [0, 0.05) is 43.2 Å². The van der Waals surface area contributed by atoms with Crippen LogP contribution in [-0.2, 0) is 18.7 Å². The molecule has 2 aromatic carbocycles. The maximum Gasteiger partial charge on any atom is 0.251 e. The van der Waals surface area contributed by atoms with Gasteiger partial charge in [0.1, 0.15) is 5.82 Å². The van der Waals surface area contributed by atoms with Crippen molar-refractivity contribution in [3.05, 3.63) is 70.9 Å². The third-order valence-electron chi connectivity index (χ3n) is 5.53. The topological polar surface area (TPSA) is 76.6 Å². The first-order valence-corrected chi connectivity index (χ1v) is 12.5. The summed E-state index contributed by atoms with van der Waals surface area (Å²) in [5.41, 5.74) is 3.75. The Balaban J connectivity index is 1.33. The van der Waals surface area contributed by atoms with Gasteiger partial charge >= 0.3 is 0 Å². The number of benzene rings is 2. The van der Waals surface area contributed by atoms with E-state index < -0.39 is 0 Å². The summed E-state index contributed by atoms with van der Waals surface area (Å²) < 4.78 is 10.7. The standard InChI is InChI=1S/C26H30N4O3S/c1-4-12-30(3)24-14-21(5-2)28-26(29-24)34-16-18-6-9-20(10-7-18)25(31)27-15-19-8-11-22-23(13-19)33-17-32-22/h6-11,13-14H,4-5,12,15-17H2,1-3H3,(H,27,31). The van der Waals surface area contributed by atoms with Gasteiger partial charge in [-0.05, 0) is 48.2 Å². The van der Waals surface area contributed by atoms with E-state index in [1.165, 1.54) is 0 Å². The quantitative estimate of drug-likeness (QED) is 0.330. The number of fused-ring (bicyclic) bond motifs is 1. The minimum absolute atomic E-state index is 0.112. The summed E-state index contributed by atoms with van der Waals surface area (Å²) in [4.78, 5) is 24.1. The van der Waals surface area contributed by atoms with E-state index in [4.69, 9.17) is 14.5 Å². The molecule has 3 aromatic rings. The number of ether oxygens (including phenoxy) is 2. The second-order valence-electron chi connectivity index (χ2n) is 8.13. The van der Waals surface area contributed by atoms with E-state index in [0.717, 1.165) is 58.7 Å². The van der Waals surface area contributed by atoms with Crippen molar-refractivity contribution in [3.63, 3.8) is 0 Å². The van der Waals surface area contributed by atoms with Crippen LogP contribution in [0, 0.1) is 0 Å². The number of hydrogen-bond donors (Lipinski definition) is 1. The van der Waals surface area contributed by atoms with Gasteiger partial charge in [-0.25, -0.2) is 9.97 Å². The average Bonchev–Trinajstić information content (AvgIpc) is 3.34. The Hall–Kier alpha value is -3.26. The second kappa shape index (κ2) is 11.2. The zero-order valence-corrected chi connectivity index (χ0v) is 20.7. The fraction of sp³-hybridized carbons (Fsp3) is 0.346. The van der Waals surface area contributed by atoms with Crippen LogP contribution >= 0.6 is 11.8 Å². The maximum atomic E-state index is 12.6. The number of amides is 1. The Bertz CT molecular complexity index is 1140. The lowest BCUT2D eigenvalue weighted by atomic mass is 10.1. The van der Waals surface area contributed by atoms with Gasteiger partial charge in [0.05, 0.1) is 0 Å². The molecule has 0 spiro atoms. The highest BCUT2D eigenvalue weighted by Gasteiger charge is 2.14. The van der Waals surface area contributed by atoms with E-state index in [2.05, 4.69) is 42.2 Å². The molecule has 1 aliphatic rings. The molecule has 34 heavy (non-hydrogen) atoms. The van der Waals surface area contributed by atoms with Crippen LogP contribution in [0.3, 0.4) is 0 Å². The van der Waals surface area contributed by atoms with Crippen molar-refractivity contribution in [1.29, 1.82) is 0 Å². The van der Waals surface area contributed by atoms with Crippen LogP contribution in [0.25, 0.3) is 0 Å². The summed E-state index contributed by atoms with van der Waals surface area (Å²) in [6, 6.07) is 15.4. The Kier molecular flexibility index (Phi) is 7.90. The molecule has 1 N–H and O–H groups in total. The lowest BCUT2D eigenvalue weighted by Crippen LogP contribution is -2.22. The molecule has 1 aliphatic heterocycles. The van der Waals surface area contributed by atoms with Crippen molar-refractivity contribution in [2.75, 3.05) is 25.3 Å². The molecule has 0 radical (unpaired) electrons. The molecule has 8 heteroatoms. The predicted octanol–water partition coefficient (Wildman–Crippen LogP) is 4.84. The van der Waals surface area contributed by atoms with Crippen molar-refractivity contribution in [3.8, 4) is 11.5 Å². The summed E-state index contributed by atoms with van der Waals surface area (Å²) in [5.74, 6) is 3.04. The van der Waals surface area contributed by atoms with Crippen LogP contribution in [0.1, 0.15) is 47.4 Å². The summed E-state index contributed by atoms with van der Waals surface area (Å²) in [5, 5.41) is 3.74. The molecule has 1 amide bonds. The van der Waals surface area contributed by atoms with Crippen LogP contribution in [-0.4, -0.2) is 36.3 Å². The molecule has 0 bridgehead atoms. The fourth-order valence-corrected chi connectivity index (χ4v) is 4.41. The van der Waals surface area contributed by atoms with Gasteiger partial charge in [-0.3, -0.25) is 4.79 Å². The molecule has 1 aromatic heterocycles. The van der Waals surface area contributed by atoms with Gasteiger partial charge in [0.15, 0.2) is 16.7 Å². The fourth-order valence-electron chi connectivity index (χ4n) is 3.59. The number of carbonyl (C=O) groups is 1. The van der Waals surface area contributed by atoms with Gasteiger partial charge in [-0.1, -0.05) is 43.8 Å². The number of carbonyl (C=O) groups excluding carboxylic acids is 1. The second-order valence-corrected chi connectivity index (χ2v) is 9.07. The Morgan fingerprint density at radius 3 is 2.56 bits per heavy atom. The molecular weight excluding hydrogens is 448 g/mol. The molecule has 0 fully saturated rings. The third-order valence-corrected chi connectivity index (χ3v) is 6.45. The molecular formula is C26H30N4O3S. The minimum atomic E-state index is -0.112. The van der Waals surface area contributed by atoms with Gasteiger partial charge in [-0.15, -0.1) is 0 Å².